The normalized spacial score (nSPS) is 18.9. The Morgan fingerprint density at radius 3 is 2.24 bits per heavy atom. The number of aliphatic carboxylic acids is 2. The van der Waals surface area contributed by atoms with E-state index in [1.54, 1.807) is 6.26 Å². The Morgan fingerprint density at radius 2 is 1.72 bits per heavy atom. The number of thioether (sulfide) groups is 1. The van der Waals surface area contributed by atoms with Crippen LogP contribution >= 0.6 is 11.8 Å². The van der Waals surface area contributed by atoms with Gasteiger partial charge < -0.3 is 31.5 Å². The molecule has 3 amide bonds. The lowest BCUT2D eigenvalue weighted by Crippen LogP contribution is -2.56. The SMILES string of the molecule is CSCCC(NC(=O)C(C)NC(=O)C1CCCN1)C(=O)NC(CC(=O)O)C(=O)O. The molecule has 1 aliphatic heterocycles. The summed E-state index contributed by atoms with van der Waals surface area (Å²) in [6.45, 7) is 2.22. The topological polar surface area (TPSA) is 174 Å². The smallest absolute Gasteiger partial charge is 0.326 e. The number of carboxylic acids is 2. The number of carbonyl (C=O) groups excluding carboxylic acids is 3. The highest BCUT2D eigenvalue weighted by molar-refractivity contribution is 7.98. The molecule has 11 nitrogen and oxygen atoms in total. The maximum absolute atomic E-state index is 12.4. The van der Waals surface area contributed by atoms with Gasteiger partial charge in [0.05, 0.1) is 12.5 Å². The molecular formula is C17H28N4O7S. The van der Waals surface area contributed by atoms with E-state index in [1.807, 2.05) is 0 Å². The lowest BCUT2D eigenvalue weighted by Gasteiger charge is -2.23. The summed E-state index contributed by atoms with van der Waals surface area (Å²) in [5, 5.41) is 28.1. The van der Waals surface area contributed by atoms with E-state index >= 15 is 0 Å². The fraction of sp³-hybridized carbons (Fsp3) is 0.706. The molecule has 0 radical (unpaired) electrons. The summed E-state index contributed by atoms with van der Waals surface area (Å²) >= 11 is 1.43. The third-order valence-electron chi connectivity index (χ3n) is 4.37. The standard InChI is InChI=1S/C17H28N4O7S/c1-9(19-15(25)10-4-3-6-18-10)14(24)20-11(5-7-29-2)16(26)21-12(17(27)28)8-13(22)23/h9-12,18H,3-8H2,1-2H3,(H,19,25)(H,20,24)(H,21,26)(H,22,23)(H,27,28). The molecule has 1 rings (SSSR count). The zero-order valence-corrected chi connectivity index (χ0v) is 17.2. The molecule has 1 heterocycles. The van der Waals surface area contributed by atoms with E-state index in [9.17, 15) is 24.0 Å². The van der Waals surface area contributed by atoms with Crippen molar-refractivity contribution in [2.45, 2.75) is 56.8 Å². The Bertz CT molecular complexity index is 625. The molecule has 1 saturated heterocycles. The highest BCUT2D eigenvalue weighted by Crippen LogP contribution is 2.06. The minimum absolute atomic E-state index is 0.211. The first-order valence-corrected chi connectivity index (χ1v) is 10.6. The second-order valence-electron chi connectivity index (χ2n) is 6.72. The van der Waals surface area contributed by atoms with Crippen LogP contribution in [0.3, 0.4) is 0 Å². The molecule has 4 unspecified atom stereocenters. The van der Waals surface area contributed by atoms with Gasteiger partial charge in [0.2, 0.25) is 17.7 Å². The molecule has 164 valence electrons. The van der Waals surface area contributed by atoms with Crippen molar-refractivity contribution in [3.63, 3.8) is 0 Å². The van der Waals surface area contributed by atoms with E-state index in [4.69, 9.17) is 10.2 Å². The van der Waals surface area contributed by atoms with Crippen LogP contribution < -0.4 is 21.3 Å². The number of nitrogens with one attached hydrogen (secondary N) is 4. The number of amides is 3. The van der Waals surface area contributed by atoms with Crippen LogP contribution in [0.1, 0.15) is 32.6 Å². The lowest BCUT2D eigenvalue weighted by molar-refractivity contribution is -0.147. The lowest BCUT2D eigenvalue weighted by atomic mass is 10.1. The van der Waals surface area contributed by atoms with Crippen molar-refractivity contribution in [1.29, 1.82) is 0 Å². The van der Waals surface area contributed by atoms with Crippen LogP contribution in [0.25, 0.3) is 0 Å². The van der Waals surface area contributed by atoms with E-state index < -0.39 is 48.3 Å². The third-order valence-corrected chi connectivity index (χ3v) is 5.01. The number of carbonyl (C=O) groups is 5. The van der Waals surface area contributed by atoms with Crippen molar-refractivity contribution in [3.05, 3.63) is 0 Å². The van der Waals surface area contributed by atoms with Gasteiger partial charge >= 0.3 is 11.9 Å². The van der Waals surface area contributed by atoms with Crippen LogP contribution in [0.15, 0.2) is 0 Å². The molecule has 6 N–H and O–H groups in total. The Labute approximate surface area is 172 Å². The van der Waals surface area contributed by atoms with Crippen molar-refractivity contribution in [2.24, 2.45) is 0 Å². The van der Waals surface area contributed by atoms with E-state index in [1.165, 1.54) is 18.7 Å². The molecule has 0 bridgehead atoms. The van der Waals surface area contributed by atoms with Gasteiger partial charge in [-0.15, -0.1) is 0 Å². The molecule has 0 aromatic carbocycles. The zero-order valence-electron chi connectivity index (χ0n) is 16.4. The first-order chi connectivity index (χ1) is 13.6. The van der Waals surface area contributed by atoms with Gasteiger partial charge in [-0.25, -0.2) is 4.79 Å². The summed E-state index contributed by atoms with van der Waals surface area (Å²) in [7, 11) is 0. The van der Waals surface area contributed by atoms with Gasteiger partial charge in [-0.2, -0.15) is 11.8 Å². The van der Waals surface area contributed by atoms with Crippen LogP contribution in [0.5, 0.6) is 0 Å². The Balaban J connectivity index is 2.70. The molecule has 29 heavy (non-hydrogen) atoms. The zero-order chi connectivity index (χ0) is 22.0. The predicted molar refractivity (Wildman–Crippen MR) is 105 cm³/mol. The van der Waals surface area contributed by atoms with Crippen LogP contribution in [-0.2, 0) is 24.0 Å². The summed E-state index contributed by atoms with van der Waals surface area (Å²) in [5.41, 5.74) is 0. The number of hydrogen-bond acceptors (Lipinski definition) is 7. The molecule has 1 fully saturated rings. The first-order valence-electron chi connectivity index (χ1n) is 9.23. The van der Waals surface area contributed by atoms with Crippen LogP contribution in [0.4, 0.5) is 0 Å². The van der Waals surface area contributed by atoms with Crippen LogP contribution in [0.2, 0.25) is 0 Å². The van der Waals surface area contributed by atoms with Crippen molar-refractivity contribution in [2.75, 3.05) is 18.6 Å². The molecule has 1 aliphatic rings. The summed E-state index contributed by atoms with van der Waals surface area (Å²) < 4.78 is 0. The molecule has 12 heteroatoms. The maximum atomic E-state index is 12.4. The van der Waals surface area contributed by atoms with E-state index in [0.29, 0.717) is 12.2 Å². The van der Waals surface area contributed by atoms with E-state index in [0.717, 1.165) is 13.0 Å². The second kappa shape index (κ2) is 12.3. The molecular weight excluding hydrogens is 404 g/mol. The summed E-state index contributed by atoms with van der Waals surface area (Å²) in [4.78, 5) is 58.9. The number of carboxylic acid groups (broad SMARTS) is 2. The van der Waals surface area contributed by atoms with Gasteiger partial charge in [0.1, 0.15) is 18.1 Å². The van der Waals surface area contributed by atoms with Crippen molar-refractivity contribution in [3.8, 4) is 0 Å². The average Bonchev–Trinajstić information content (AvgIpc) is 3.18. The molecule has 0 aromatic heterocycles. The van der Waals surface area contributed by atoms with Gasteiger partial charge in [0.25, 0.3) is 0 Å². The average molecular weight is 432 g/mol. The number of rotatable bonds is 12. The summed E-state index contributed by atoms with van der Waals surface area (Å²) in [6.07, 6.45) is 2.78. The monoisotopic (exact) mass is 432 g/mol. The minimum atomic E-state index is -1.61. The summed E-state index contributed by atoms with van der Waals surface area (Å²) in [5.74, 6) is -4.05. The maximum Gasteiger partial charge on any atom is 0.326 e. The molecule has 0 aliphatic carbocycles. The molecule has 0 aromatic rings. The minimum Gasteiger partial charge on any atom is -0.481 e. The van der Waals surface area contributed by atoms with Crippen molar-refractivity contribution in [1.82, 2.24) is 21.3 Å². The Kier molecular flexibility index (Phi) is 10.5. The predicted octanol–water partition coefficient (Wildman–Crippen LogP) is -1.47. The quantitative estimate of drug-likeness (QED) is 0.215. The first kappa shape index (κ1) is 24.7. The number of hydrogen-bond donors (Lipinski definition) is 6. The fourth-order valence-electron chi connectivity index (χ4n) is 2.74. The van der Waals surface area contributed by atoms with E-state index in [2.05, 4.69) is 21.3 Å². The molecule has 4 atom stereocenters. The largest absolute Gasteiger partial charge is 0.481 e. The second-order valence-corrected chi connectivity index (χ2v) is 7.70. The third kappa shape index (κ3) is 8.69. The Morgan fingerprint density at radius 1 is 1.07 bits per heavy atom. The molecule has 0 spiro atoms. The summed E-state index contributed by atoms with van der Waals surface area (Å²) in [6, 6.07) is -3.93. The Hall–Kier alpha value is -2.34. The van der Waals surface area contributed by atoms with E-state index in [-0.39, 0.29) is 18.4 Å². The highest BCUT2D eigenvalue weighted by Gasteiger charge is 2.30. The fourth-order valence-corrected chi connectivity index (χ4v) is 3.21. The van der Waals surface area contributed by atoms with Crippen LogP contribution in [0, 0.1) is 0 Å². The van der Waals surface area contributed by atoms with Crippen LogP contribution in [-0.4, -0.2) is 82.6 Å². The highest BCUT2D eigenvalue weighted by atomic mass is 32.2. The van der Waals surface area contributed by atoms with Gasteiger partial charge in [0, 0.05) is 0 Å². The van der Waals surface area contributed by atoms with Gasteiger partial charge in [-0.1, -0.05) is 0 Å². The van der Waals surface area contributed by atoms with Gasteiger partial charge in [-0.3, -0.25) is 19.2 Å². The van der Waals surface area contributed by atoms with Gasteiger partial charge in [0.15, 0.2) is 0 Å². The van der Waals surface area contributed by atoms with Gasteiger partial charge in [-0.05, 0) is 44.7 Å². The van der Waals surface area contributed by atoms with Crippen molar-refractivity contribution >= 4 is 41.4 Å². The molecule has 0 saturated carbocycles. The van der Waals surface area contributed by atoms with Crippen molar-refractivity contribution < 1.29 is 34.2 Å².